The van der Waals surface area contributed by atoms with E-state index in [-0.39, 0.29) is 24.2 Å². The maximum absolute atomic E-state index is 12.6. The van der Waals surface area contributed by atoms with Crippen molar-refractivity contribution in [2.75, 3.05) is 11.9 Å². The molecule has 1 saturated carbocycles. The normalized spacial score (nSPS) is 14.4. The first-order valence-electron chi connectivity index (χ1n) is 10.6. The Morgan fingerprint density at radius 3 is 2.34 bits per heavy atom. The summed E-state index contributed by atoms with van der Waals surface area (Å²) in [5, 5.41) is 6.21. The Morgan fingerprint density at radius 2 is 1.66 bits per heavy atom. The predicted molar refractivity (Wildman–Crippen MR) is 125 cm³/mol. The van der Waals surface area contributed by atoms with Gasteiger partial charge in [-0.25, -0.2) is 8.42 Å². The molecule has 0 saturated heterocycles. The van der Waals surface area contributed by atoms with Gasteiger partial charge in [0.25, 0.3) is 0 Å². The second-order valence-electron chi connectivity index (χ2n) is 7.88. The number of anilines is 1. The number of carbonyl (C=O) groups excluding carboxylic acids is 1. The third-order valence-electron chi connectivity index (χ3n) is 5.63. The lowest BCUT2D eigenvalue weighted by Gasteiger charge is -2.12. The van der Waals surface area contributed by atoms with Crippen LogP contribution in [0, 0.1) is 0 Å². The lowest BCUT2D eigenvalue weighted by molar-refractivity contribution is -0.119. The quantitative estimate of drug-likeness (QED) is 0.479. The van der Waals surface area contributed by atoms with Gasteiger partial charge in [0.15, 0.2) is 9.84 Å². The molecule has 0 aliphatic heterocycles. The molecule has 0 bridgehead atoms. The first kappa shape index (κ1) is 22.4. The lowest BCUT2D eigenvalue weighted by atomic mass is 10.2. The third-order valence-corrected chi connectivity index (χ3v) is 8.16. The zero-order valence-electron chi connectivity index (χ0n) is 17.5. The third kappa shape index (κ3) is 5.34. The fourth-order valence-corrected chi connectivity index (χ4v) is 5.81. The molecule has 0 unspecified atom stereocenters. The average Bonchev–Trinajstić information content (AvgIpc) is 3.50. The van der Waals surface area contributed by atoms with Crippen molar-refractivity contribution in [2.24, 2.45) is 0 Å². The molecule has 168 valence electrons. The van der Waals surface area contributed by atoms with Gasteiger partial charge in [-0.3, -0.25) is 4.79 Å². The van der Waals surface area contributed by atoms with Crippen LogP contribution in [0.4, 0.5) is 5.69 Å². The largest absolute Gasteiger partial charge is 0.459 e. The number of rotatable bonds is 8. The average molecular weight is 473 g/mol. The highest BCUT2D eigenvalue weighted by atomic mass is 35.5. The number of carbonyl (C=O) groups is 1. The number of nitrogens with one attached hydrogen (secondary N) is 2. The molecular weight excluding hydrogens is 448 g/mol. The van der Waals surface area contributed by atoms with Crippen molar-refractivity contribution in [2.45, 2.75) is 42.4 Å². The highest BCUT2D eigenvalue weighted by Crippen LogP contribution is 2.30. The number of furan rings is 1. The van der Waals surface area contributed by atoms with Crippen molar-refractivity contribution >= 4 is 33.0 Å². The predicted octanol–water partition coefficient (Wildman–Crippen LogP) is 5.04. The van der Waals surface area contributed by atoms with Gasteiger partial charge in [-0.1, -0.05) is 24.4 Å². The monoisotopic (exact) mass is 472 g/mol. The van der Waals surface area contributed by atoms with E-state index in [1.165, 1.54) is 0 Å². The molecule has 1 aliphatic carbocycles. The summed E-state index contributed by atoms with van der Waals surface area (Å²) in [5.41, 5.74) is 1.60. The van der Waals surface area contributed by atoms with Crippen LogP contribution in [0.3, 0.4) is 0 Å². The minimum atomic E-state index is -3.27. The summed E-state index contributed by atoms with van der Waals surface area (Å²) in [6.07, 6.45) is 3.41. The topological polar surface area (TPSA) is 88.4 Å². The van der Waals surface area contributed by atoms with Crippen LogP contribution in [0.5, 0.6) is 0 Å². The van der Waals surface area contributed by atoms with E-state index in [0.717, 1.165) is 31.2 Å². The molecule has 4 rings (SSSR count). The van der Waals surface area contributed by atoms with Crippen LogP contribution in [0.2, 0.25) is 5.02 Å². The van der Waals surface area contributed by atoms with Gasteiger partial charge in [-0.2, -0.15) is 0 Å². The van der Waals surface area contributed by atoms with Gasteiger partial charge >= 0.3 is 0 Å². The fraction of sp³-hybridized carbons (Fsp3) is 0.292. The van der Waals surface area contributed by atoms with E-state index in [2.05, 4.69) is 10.6 Å². The maximum Gasteiger partial charge on any atom is 0.239 e. The fourth-order valence-electron chi connectivity index (χ4n) is 3.83. The van der Waals surface area contributed by atoms with Crippen LogP contribution in [0.15, 0.2) is 70.0 Å². The standard InChI is InChI=1S/C24H25ClN2O4S/c25-18-7-5-17(6-8-18)23-14-11-20(31-23)15-27-24(28)16-26-19-9-12-22(13-10-19)32(29,30)21-3-1-2-4-21/h5-14,21,26H,1-4,15-16H2,(H,27,28). The smallest absolute Gasteiger partial charge is 0.239 e. The van der Waals surface area contributed by atoms with Gasteiger partial charge in [-0.15, -0.1) is 0 Å². The van der Waals surface area contributed by atoms with Crippen LogP contribution in [0.25, 0.3) is 11.3 Å². The van der Waals surface area contributed by atoms with Crippen molar-refractivity contribution in [3.63, 3.8) is 0 Å². The number of hydrogen-bond donors (Lipinski definition) is 2. The molecule has 1 fully saturated rings. The molecule has 32 heavy (non-hydrogen) atoms. The zero-order valence-corrected chi connectivity index (χ0v) is 19.1. The summed E-state index contributed by atoms with van der Waals surface area (Å²) in [5.74, 6) is 1.15. The molecule has 1 aliphatic rings. The van der Waals surface area contributed by atoms with Crippen molar-refractivity contribution in [1.82, 2.24) is 5.32 Å². The van der Waals surface area contributed by atoms with Gasteiger partial charge in [0.1, 0.15) is 11.5 Å². The van der Waals surface area contributed by atoms with E-state index in [1.807, 2.05) is 24.3 Å². The lowest BCUT2D eigenvalue weighted by Crippen LogP contribution is -2.29. The van der Waals surface area contributed by atoms with E-state index >= 15 is 0 Å². The molecule has 1 amide bonds. The van der Waals surface area contributed by atoms with Gasteiger partial charge in [0, 0.05) is 16.3 Å². The van der Waals surface area contributed by atoms with Crippen LogP contribution < -0.4 is 10.6 Å². The second kappa shape index (κ2) is 9.79. The summed E-state index contributed by atoms with van der Waals surface area (Å²) in [4.78, 5) is 12.5. The molecule has 2 aromatic carbocycles. The van der Waals surface area contributed by atoms with Gasteiger partial charge in [-0.05, 0) is 73.5 Å². The molecule has 0 atom stereocenters. The Labute approximate surface area is 192 Å². The number of benzene rings is 2. The molecule has 2 N–H and O–H groups in total. The Kier molecular flexibility index (Phi) is 6.86. The molecular formula is C24H25ClN2O4S. The Morgan fingerprint density at radius 1 is 0.969 bits per heavy atom. The first-order valence-corrected chi connectivity index (χ1v) is 12.5. The Balaban J connectivity index is 1.26. The van der Waals surface area contributed by atoms with Gasteiger partial charge in [0.2, 0.25) is 5.91 Å². The first-order chi connectivity index (χ1) is 15.4. The molecule has 1 aromatic heterocycles. The summed E-state index contributed by atoms with van der Waals surface area (Å²) in [6, 6.07) is 17.6. The Hall–Kier alpha value is -2.77. The molecule has 0 spiro atoms. The minimum absolute atomic E-state index is 0.0689. The van der Waals surface area contributed by atoms with E-state index in [4.69, 9.17) is 16.0 Å². The molecule has 6 nitrogen and oxygen atoms in total. The van der Waals surface area contributed by atoms with Crippen molar-refractivity contribution in [3.05, 3.63) is 71.4 Å². The highest BCUT2D eigenvalue weighted by Gasteiger charge is 2.30. The number of halogens is 1. The molecule has 1 heterocycles. The van der Waals surface area contributed by atoms with Crippen molar-refractivity contribution < 1.29 is 17.6 Å². The van der Waals surface area contributed by atoms with E-state index in [1.54, 1.807) is 36.4 Å². The van der Waals surface area contributed by atoms with Crippen LogP contribution in [-0.4, -0.2) is 26.1 Å². The van der Waals surface area contributed by atoms with E-state index in [0.29, 0.717) is 27.1 Å². The van der Waals surface area contributed by atoms with Crippen molar-refractivity contribution in [3.8, 4) is 11.3 Å². The summed E-state index contributed by atoms with van der Waals surface area (Å²) >= 11 is 5.91. The summed E-state index contributed by atoms with van der Waals surface area (Å²) < 4.78 is 31.1. The number of amides is 1. The summed E-state index contributed by atoms with van der Waals surface area (Å²) in [7, 11) is -3.27. The molecule has 0 radical (unpaired) electrons. The SMILES string of the molecule is O=C(CNc1ccc(S(=O)(=O)C2CCCC2)cc1)NCc1ccc(-c2ccc(Cl)cc2)o1. The zero-order chi connectivity index (χ0) is 22.6. The van der Waals surface area contributed by atoms with E-state index < -0.39 is 9.84 Å². The van der Waals surface area contributed by atoms with Crippen molar-refractivity contribution in [1.29, 1.82) is 0 Å². The Bertz CT molecular complexity index is 1170. The van der Waals surface area contributed by atoms with Crippen LogP contribution >= 0.6 is 11.6 Å². The molecule has 8 heteroatoms. The van der Waals surface area contributed by atoms with E-state index in [9.17, 15) is 13.2 Å². The summed E-state index contributed by atoms with van der Waals surface area (Å²) in [6.45, 7) is 0.339. The second-order valence-corrected chi connectivity index (χ2v) is 10.5. The highest BCUT2D eigenvalue weighted by molar-refractivity contribution is 7.92. The molecule has 3 aromatic rings. The maximum atomic E-state index is 12.6. The minimum Gasteiger partial charge on any atom is -0.459 e. The van der Waals surface area contributed by atoms with Gasteiger partial charge < -0.3 is 15.1 Å². The van der Waals surface area contributed by atoms with Gasteiger partial charge in [0.05, 0.1) is 23.2 Å². The van der Waals surface area contributed by atoms with Crippen LogP contribution in [0.1, 0.15) is 31.4 Å². The van der Waals surface area contributed by atoms with Crippen LogP contribution in [-0.2, 0) is 21.2 Å². The number of sulfone groups is 1. The number of hydrogen-bond acceptors (Lipinski definition) is 5.